The number of morpholine rings is 1. The van der Waals surface area contributed by atoms with Crippen LogP contribution in [0.5, 0.6) is 0 Å². The number of carbonyl (C=O) groups is 1. The molecule has 6 nitrogen and oxygen atoms in total. The van der Waals surface area contributed by atoms with Gasteiger partial charge in [-0.3, -0.25) is 9.80 Å². The van der Waals surface area contributed by atoms with Crippen molar-refractivity contribution >= 4 is 11.7 Å². The summed E-state index contributed by atoms with van der Waals surface area (Å²) in [5.74, 6) is 1.33. The van der Waals surface area contributed by atoms with Crippen molar-refractivity contribution in [3.63, 3.8) is 0 Å². The Kier molecular flexibility index (Phi) is 8.54. The number of hydrogen-bond donors (Lipinski definition) is 2. The number of rotatable bonds is 7. The van der Waals surface area contributed by atoms with Crippen molar-refractivity contribution in [3.05, 3.63) is 29.8 Å². The van der Waals surface area contributed by atoms with Crippen LogP contribution in [0.1, 0.15) is 52.1 Å². The smallest absolute Gasteiger partial charge is 0.319 e. The molecule has 2 unspecified atom stereocenters. The maximum atomic E-state index is 12.5. The lowest BCUT2D eigenvalue weighted by atomic mass is 9.94. The Hall–Kier alpha value is -1.63. The Morgan fingerprint density at radius 2 is 1.67 bits per heavy atom. The van der Waals surface area contributed by atoms with Crippen LogP contribution in [-0.4, -0.2) is 67.8 Å². The Bertz CT molecular complexity index is 650. The normalized spacial score (nSPS) is 21.4. The first kappa shape index (κ1) is 23.0. The molecule has 1 aromatic rings. The summed E-state index contributed by atoms with van der Waals surface area (Å²) in [5.41, 5.74) is 2.10. The highest BCUT2D eigenvalue weighted by Crippen LogP contribution is 2.23. The Morgan fingerprint density at radius 3 is 2.27 bits per heavy atom. The zero-order chi connectivity index (χ0) is 21.5. The third-order valence-electron chi connectivity index (χ3n) is 6.77. The highest BCUT2D eigenvalue weighted by molar-refractivity contribution is 5.89. The molecule has 2 N–H and O–H groups in total. The molecule has 1 aromatic carbocycles. The minimum atomic E-state index is -0.125. The number of nitrogens with zero attached hydrogens (tertiary/aromatic N) is 2. The van der Waals surface area contributed by atoms with E-state index in [1.165, 1.54) is 18.4 Å². The zero-order valence-corrected chi connectivity index (χ0v) is 19.2. The summed E-state index contributed by atoms with van der Waals surface area (Å²) in [5, 5.41) is 6.09. The molecule has 30 heavy (non-hydrogen) atoms. The minimum Gasteiger partial charge on any atom is -0.379 e. The molecule has 2 aliphatic rings. The van der Waals surface area contributed by atoms with Crippen LogP contribution in [-0.2, 0) is 4.74 Å². The molecule has 0 radical (unpaired) electrons. The maximum Gasteiger partial charge on any atom is 0.319 e. The molecule has 0 spiro atoms. The van der Waals surface area contributed by atoms with Gasteiger partial charge in [0.25, 0.3) is 0 Å². The lowest BCUT2D eigenvalue weighted by Gasteiger charge is -2.38. The van der Waals surface area contributed by atoms with Crippen LogP contribution in [0.15, 0.2) is 24.3 Å². The lowest BCUT2D eigenvalue weighted by molar-refractivity contribution is 0.0198. The van der Waals surface area contributed by atoms with Gasteiger partial charge in [-0.25, -0.2) is 4.79 Å². The molecule has 2 heterocycles. The molecule has 0 bridgehead atoms. The van der Waals surface area contributed by atoms with Crippen LogP contribution < -0.4 is 10.6 Å². The first-order valence-electron chi connectivity index (χ1n) is 11.6. The summed E-state index contributed by atoms with van der Waals surface area (Å²) in [7, 11) is 0. The summed E-state index contributed by atoms with van der Waals surface area (Å²) in [6.07, 6.45) is 2.51. The number of hydrogen-bond acceptors (Lipinski definition) is 4. The number of likely N-dealkylation sites (tertiary alicyclic amines) is 1. The first-order chi connectivity index (χ1) is 14.4. The summed E-state index contributed by atoms with van der Waals surface area (Å²) < 4.78 is 5.45. The minimum absolute atomic E-state index is 0.125. The molecule has 3 rings (SSSR count). The first-order valence-corrected chi connectivity index (χ1v) is 11.6. The fourth-order valence-corrected chi connectivity index (χ4v) is 4.54. The van der Waals surface area contributed by atoms with Crippen molar-refractivity contribution < 1.29 is 9.53 Å². The summed E-state index contributed by atoms with van der Waals surface area (Å²) >= 11 is 0. The summed E-state index contributed by atoms with van der Waals surface area (Å²) in [6, 6.07) is 8.84. The van der Waals surface area contributed by atoms with Crippen LogP contribution in [0.2, 0.25) is 0 Å². The predicted molar refractivity (Wildman–Crippen MR) is 123 cm³/mol. The van der Waals surface area contributed by atoms with E-state index in [-0.39, 0.29) is 6.03 Å². The molecule has 2 amide bonds. The monoisotopic (exact) mass is 416 g/mol. The van der Waals surface area contributed by atoms with Crippen LogP contribution in [0.3, 0.4) is 0 Å². The van der Waals surface area contributed by atoms with Gasteiger partial charge in [0, 0.05) is 37.4 Å². The highest BCUT2D eigenvalue weighted by Gasteiger charge is 2.26. The van der Waals surface area contributed by atoms with Gasteiger partial charge in [-0.15, -0.1) is 0 Å². The van der Waals surface area contributed by atoms with Crippen molar-refractivity contribution in [3.8, 4) is 0 Å². The van der Waals surface area contributed by atoms with E-state index in [0.717, 1.165) is 51.0 Å². The van der Waals surface area contributed by atoms with Gasteiger partial charge >= 0.3 is 6.03 Å². The number of urea groups is 1. The maximum absolute atomic E-state index is 12.5. The number of nitrogens with one attached hydrogen (secondary N) is 2. The van der Waals surface area contributed by atoms with Crippen LogP contribution in [0.4, 0.5) is 10.5 Å². The van der Waals surface area contributed by atoms with E-state index < -0.39 is 0 Å². The molecular formula is C24H40N4O2. The summed E-state index contributed by atoms with van der Waals surface area (Å²) in [6.45, 7) is 15.6. The van der Waals surface area contributed by atoms with Gasteiger partial charge in [0.1, 0.15) is 0 Å². The van der Waals surface area contributed by atoms with E-state index in [0.29, 0.717) is 24.5 Å². The molecule has 168 valence electrons. The number of amides is 2. The van der Waals surface area contributed by atoms with E-state index >= 15 is 0 Å². The van der Waals surface area contributed by atoms with Gasteiger partial charge in [0.15, 0.2) is 0 Å². The number of benzene rings is 1. The molecular weight excluding hydrogens is 376 g/mol. The number of anilines is 1. The quantitative estimate of drug-likeness (QED) is 0.706. The average molecular weight is 417 g/mol. The lowest BCUT2D eigenvalue weighted by Crippen LogP contribution is -2.50. The van der Waals surface area contributed by atoms with Crippen molar-refractivity contribution in [2.45, 2.75) is 52.6 Å². The van der Waals surface area contributed by atoms with E-state index in [1.807, 2.05) is 12.1 Å². The predicted octanol–water partition coefficient (Wildman–Crippen LogP) is 3.96. The molecule has 0 aromatic heterocycles. The molecule has 0 saturated carbocycles. The van der Waals surface area contributed by atoms with Crippen LogP contribution in [0.25, 0.3) is 0 Å². The fourth-order valence-electron chi connectivity index (χ4n) is 4.54. The molecule has 2 fully saturated rings. The van der Waals surface area contributed by atoms with Crippen LogP contribution in [0, 0.1) is 11.8 Å². The van der Waals surface area contributed by atoms with E-state index in [1.54, 1.807) is 0 Å². The second kappa shape index (κ2) is 11.1. The average Bonchev–Trinajstić information content (AvgIpc) is 2.75. The van der Waals surface area contributed by atoms with Gasteiger partial charge in [-0.05, 0) is 62.4 Å². The van der Waals surface area contributed by atoms with Crippen molar-refractivity contribution in [1.82, 2.24) is 15.1 Å². The molecule has 0 aliphatic carbocycles. The van der Waals surface area contributed by atoms with Crippen molar-refractivity contribution in [1.29, 1.82) is 0 Å². The van der Waals surface area contributed by atoms with Gasteiger partial charge in [0.2, 0.25) is 0 Å². The van der Waals surface area contributed by atoms with Gasteiger partial charge < -0.3 is 15.4 Å². The molecule has 2 saturated heterocycles. The third-order valence-corrected chi connectivity index (χ3v) is 6.77. The Morgan fingerprint density at radius 1 is 1.03 bits per heavy atom. The van der Waals surface area contributed by atoms with Crippen LogP contribution >= 0.6 is 0 Å². The standard InChI is InChI=1S/C24H40N4O2/c1-18(2)23(28-11-9-19(3)10-12-28)17-25-24(29)26-22-7-5-21(6-8-22)20(4)27-13-15-30-16-14-27/h5-8,18-20,23H,9-17H2,1-4H3,(H2,25,26,29). The Balaban J connectivity index is 1.47. The van der Waals surface area contributed by atoms with E-state index in [2.05, 4.69) is 60.3 Å². The van der Waals surface area contributed by atoms with E-state index in [9.17, 15) is 4.79 Å². The summed E-state index contributed by atoms with van der Waals surface area (Å²) in [4.78, 5) is 17.5. The molecule has 2 aliphatic heterocycles. The van der Waals surface area contributed by atoms with Crippen molar-refractivity contribution in [2.24, 2.45) is 11.8 Å². The SMILES string of the molecule is CC1CCN(C(CNC(=O)Nc2ccc(C(C)N3CCOCC3)cc2)C(C)C)CC1. The van der Waals surface area contributed by atoms with Gasteiger partial charge in [-0.2, -0.15) is 0 Å². The number of carbonyl (C=O) groups excluding carboxylic acids is 1. The fraction of sp³-hybridized carbons (Fsp3) is 0.708. The Labute approximate surface area is 182 Å². The highest BCUT2D eigenvalue weighted by atomic mass is 16.5. The largest absolute Gasteiger partial charge is 0.379 e. The second-order valence-corrected chi connectivity index (χ2v) is 9.31. The van der Waals surface area contributed by atoms with Gasteiger partial charge in [-0.1, -0.05) is 32.9 Å². The zero-order valence-electron chi connectivity index (χ0n) is 19.2. The third kappa shape index (κ3) is 6.43. The molecule has 6 heteroatoms. The molecule has 2 atom stereocenters. The van der Waals surface area contributed by atoms with E-state index in [4.69, 9.17) is 4.74 Å². The van der Waals surface area contributed by atoms with Crippen molar-refractivity contribution in [2.75, 3.05) is 51.3 Å². The second-order valence-electron chi connectivity index (χ2n) is 9.31. The topological polar surface area (TPSA) is 56.8 Å². The number of ether oxygens (including phenoxy) is 1. The number of piperidine rings is 1. The van der Waals surface area contributed by atoms with Gasteiger partial charge in [0.05, 0.1) is 13.2 Å².